The Labute approximate surface area is 181 Å². The molecule has 168 valence electrons. The molecule has 1 aliphatic rings. The average molecular weight is 452 g/mol. The largest absolute Gasteiger partial charge is 0.497 e. The summed E-state index contributed by atoms with van der Waals surface area (Å²) in [7, 11) is -1.89. The molecule has 0 bridgehead atoms. The second-order valence-electron chi connectivity index (χ2n) is 6.97. The van der Waals surface area contributed by atoms with Gasteiger partial charge in [0.1, 0.15) is 5.75 Å². The Morgan fingerprint density at radius 2 is 1.74 bits per heavy atom. The number of carbonyl (C=O) groups is 1. The quantitative estimate of drug-likeness (QED) is 0.622. The van der Waals surface area contributed by atoms with Gasteiger partial charge in [0, 0.05) is 38.4 Å². The molecule has 2 aromatic carbocycles. The minimum Gasteiger partial charge on any atom is -0.497 e. The third kappa shape index (κ3) is 6.31. The second kappa shape index (κ2) is 10.5. The van der Waals surface area contributed by atoms with E-state index < -0.39 is 21.7 Å². The van der Waals surface area contributed by atoms with Crippen LogP contribution in [0.3, 0.4) is 0 Å². The molecular formula is C21H26FN3O5S. The fourth-order valence-corrected chi connectivity index (χ4v) is 4.56. The van der Waals surface area contributed by atoms with Crippen LogP contribution in [-0.4, -0.2) is 70.8 Å². The van der Waals surface area contributed by atoms with Crippen molar-refractivity contribution < 1.29 is 27.1 Å². The minimum absolute atomic E-state index is 0.0278. The summed E-state index contributed by atoms with van der Waals surface area (Å²) in [6.45, 7) is 1.47. The van der Waals surface area contributed by atoms with Crippen molar-refractivity contribution in [2.75, 3.05) is 57.1 Å². The first-order valence-corrected chi connectivity index (χ1v) is 11.5. The molecule has 0 unspecified atom stereocenters. The number of nitrogens with zero attached hydrogens (tertiary/aromatic N) is 2. The zero-order valence-corrected chi connectivity index (χ0v) is 18.1. The number of hydrogen-bond acceptors (Lipinski definition) is 6. The number of carbonyl (C=O) groups excluding carboxylic acids is 1. The highest BCUT2D eigenvalue weighted by molar-refractivity contribution is 7.89. The van der Waals surface area contributed by atoms with Gasteiger partial charge in [0.25, 0.3) is 5.91 Å². The third-order valence-electron chi connectivity index (χ3n) is 4.95. The van der Waals surface area contributed by atoms with Gasteiger partial charge in [-0.05, 0) is 36.4 Å². The lowest BCUT2D eigenvalue weighted by atomic mass is 10.2. The van der Waals surface area contributed by atoms with Gasteiger partial charge in [-0.25, -0.2) is 12.8 Å². The standard InChI is InChI=1S/C21H26FN3O5S/c1-29-18-8-6-17(7-9-18)24-11-13-25(14-12-24)31(27,28)15-10-23-21(26)16-30-20-5-3-2-4-19(20)22/h2-9H,10-16H2,1H3,(H,23,26). The highest BCUT2D eigenvalue weighted by Crippen LogP contribution is 2.21. The van der Waals surface area contributed by atoms with Crippen molar-refractivity contribution in [1.29, 1.82) is 0 Å². The highest BCUT2D eigenvalue weighted by Gasteiger charge is 2.27. The zero-order valence-electron chi connectivity index (χ0n) is 17.3. The molecule has 0 radical (unpaired) electrons. The number of hydrogen-bond donors (Lipinski definition) is 1. The summed E-state index contributed by atoms with van der Waals surface area (Å²) in [6.07, 6.45) is 0. The number of nitrogens with one attached hydrogen (secondary N) is 1. The first-order chi connectivity index (χ1) is 14.9. The third-order valence-corrected chi connectivity index (χ3v) is 6.82. The van der Waals surface area contributed by atoms with Crippen LogP contribution in [-0.2, 0) is 14.8 Å². The summed E-state index contributed by atoms with van der Waals surface area (Å²) in [4.78, 5) is 14.0. The summed E-state index contributed by atoms with van der Waals surface area (Å²) < 4.78 is 50.3. The molecular weight excluding hydrogens is 425 g/mol. The number of anilines is 1. The molecule has 1 N–H and O–H groups in total. The van der Waals surface area contributed by atoms with Crippen molar-refractivity contribution in [1.82, 2.24) is 9.62 Å². The Bertz CT molecular complexity index is 977. The number of rotatable bonds is 9. The molecule has 31 heavy (non-hydrogen) atoms. The second-order valence-corrected chi connectivity index (χ2v) is 9.06. The Morgan fingerprint density at radius 3 is 2.39 bits per heavy atom. The molecule has 0 atom stereocenters. The SMILES string of the molecule is COc1ccc(N2CCN(S(=O)(=O)CCNC(=O)COc3ccccc3F)CC2)cc1. The predicted molar refractivity (Wildman–Crippen MR) is 115 cm³/mol. The molecule has 0 spiro atoms. The van der Waals surface area contributed by atoms with E-state index in [-0.39, 0.29) is 24.7 Å². The molecule has 1 aliphatic heterocycles. The first-order valence-electron chi connectivity index (χ1n) is 9.90. The number of piperazine rings is 1. The Morgan fingerprint density at radius 1 is 1.06 bits per heavy atom. The smallest absolute Gasteiger partial charge is 0.257 e. The zero-order chi connectivity index (χ0) is 22.3. The summed E-state index contributed by atoms with van der Waals surface area (Å²) in [6, 6.07) is 13.4. The van der Waals surface area contributed by atoms with Crippen LogP contribution in [0, 0.1) is 5.82 Å². The van der Waals surface area contributed by atoms with Gasteiger partial charge >= 0.3 is 0 Å². The molecule has 1 fully saturated rings. The van der Waals surface area contributed by atoms with Crippen LogP contribution >= 0.6 is 0 Å². The van der Waals surface area contributed by atoms with Gasteiger partial charge in [-0.3, -0.25) is 4.79 Å². The Hall–Kier alpha value is -2.85. The van der Waals surface area contributed by atoms with E-state index >= 15 is 0 Å². The topological polar surface area (TPSA) is 88.2 Å². The molecule has 8 nitrogen and oxygen atoms in total. The van der Waals surface area contributed by atoms with Gasteiger partial charge in [0.05, 0.1) is 12.9 Å². The molecule has 1 heterocycles. The van der Waals surface area contributed by atoms with Crippen LogP contribution in [0.5, 0.6) is 11.5 Å². The van der Waals surface area contributed by atoms with Crippen LogP contribution in [0.1, 0.15) is 0 Å². The van der Waals surface area contributed by atoms with Crippen LogP contribution in [0.25, 0.3) is 0 Å². The van der Waals surface area contributed by atoms with E-state index in [1.54, 1.807) is 13.2 Å². The number of halogens is 1. The van der Waals surface area contributed by atoms with Gasteiger partial charge in [-0.15, -0.1) is 0 Å². The molecule has 0 saturated carbocycles. The summed E-state index contributed by atoms with van der Waals surface area (Å²) in [5, 5.41) is 2.50. The fourth-order valence-electron chi connectivity index (χ4n) is 3.22. The van der Waals surface area contributed by atoms with Crippen LogP contribution < -0.4 is 19.7 Å². The highest BCUT2D eigenvalue weighted by atomic mass is 32.2. The van der Waals surface area contributed by atoms with Gasteiger partial charge in [0.2, 0.25) is 10.0 Å². The van der Waals surface area contributed by atoms with E-state index in [4.69, 9.17) is 9.47 Å². The van der Waals surface area contributed by atoms with E-state index in [1.807, 2.05) is 24.3 Å². The Balaban J connectivity index is 1.40. The molecule has 1 saturated heterocycles. The average Bonchev–Trinajstić information content (AvgIpc) is 2.78. The van der Waals surface area contributed by atoms with Gasteiger partial charge < -0.3 is 19.7 Å². The van der Waals surface area contributed by atoms with E-state index in [0.717, 1.165) is 11.4 Å². The van der Waals surface area contributed by atoms with E-state index in [0.29, 0.717) is 26.2 Å². The van der Waals surface area contributed by atoms with Gasteiger partial charge in [-0.1, -0.05) is 12.1 Å². The van der Waals surface area contributed by atoms with Crippen LogP contribution in [0.15, 0.2) is 48.5 Å². The number of methoxy groups -OCH3 is 1. The lowest BCUT2D eigenvalue weighted by Crippen LogP contribution is -2.50. The predicted octanol–water partition coefficient (Wildman–Crippen LogP) is 1.48. The van der Waals surface area contributed by atoms with Crippen molar-refractivity contribution in [2.45, 2.75) is 0 Å². The van der Waals surface area contributed by atoms with E-state index in [1.165, 1.54) is 22.5 Å². The van der Waals surface area contributed by atoms with Crippen molar-refractivity contribution in [2.24, 2.45) is 0 Å². The number of amides is 1. The number of benzene rings is 2. The van der Waals surface area contributed by atoms with Crippen LogP contribution in [0.4, 0.5) is 10.1 Å². The van der Waals surface area contributed by atoms with Crippen molar-refractivity contribution >= 4 is 21.6 Å². The molecule has 2 aromatic rings. The molecule has 1 amide bonds. The number of sulfonamides is 1. The van der Waals surface area contributed by atoms with Gasteiger partial charge in [0.15, 0.2) is 18.2 Å². The molecule has 3 rings (SSSR count). The summed E-state index contributed by atoms with van der Waals surface area (Å²) in [5.41, 5.74) is 1.01. The lowest BCUT2D eigenvalue weighted by Gasteiger charge is -2.35. The van der Waals surface area contributed by atoms with E-state index in [9.17, 15) is 17.6 Å². The van der Waals surface area contributed by atoms with Gasteiger partial charge in [-0.2, -0.15) is 4.31 Å². The normalized spacial score (nSPS) is 14.8. The number of para-hydroxylation sites is 1. The monoisotopic (exact) mass is 451 g/mol. The van der Waals surface area contributed by atoms with Crippen molar-refractivity contribution in [3.63, 3.8) is 0 Å². The summed E-state index contributed by atoms with van der Waals surface area (Å²) in [5.74, 6) is -0.540. The Kier molecular flexibility index (Phi) is 7.69. The fraction of sp³-hybridized carbons (Fsp3) is 0.381. The molecule has 0 aliphatic carbocycles. The minimum atomic E-state index is -3.50. The molecule has 10 heteroatoms. The maximum absolute atomic E-state index is 13.5. The van der Waals surface area contributed by atoms with Crippen molar-refractivity contribution in [3.05, 3.63) is 54.3 Å². The van der Waals surface area contributed by atoms with E-state index in [2.05, 4.69) is 10.2 Å². The lowest BCUT2D eigenvalue weighted by molar-refractivity contribution is -0.123. The summed E-state index contributed by atoms with van der Waals surface area (Å²) >= 11 is 0. The number of ether oxygens (including phenoxy) is 2. The van der Waals surface area contributed by atoms with Crippen LogP contribution in [0.2, 0.25) is 0 Å². The maximum Gasteiger partial charge on any atom is 0.257 e. The first kappa shape index (κ1) is 22.8. The molecule has 0 aromatic heterocycles. The van der Waals surface area contributed by atoms with Crippen molar-refractivity contribution in [3.8, 4) is 11.5 Å². The maximum atomic E-state index is 13.5.